The molecule has 1 atom stereocenters. The standard InChI is InChI=1S/C27H30FN3O5S/c1-4-25(27(33)29-2)30(18-20-9-8-10-23(17-20)36-3)26(32)19-31(22-15-13-21(28)14-16-22)37(34,35)24-11-6-5-7-12-24/h5-17,25H,4,18-19H2,1-3H3,(H,29,33). The second-order valence-corrected chi connectivity index (χ2v) is 10.1. The van der Waals surface area contributed by atoms with Crippen molar-refractivity contribution >= 4 is 27.5 Å². The number of hydrogen-bond acceptors (Lipinski definition) is 5. The molecule has 0 fully saturated rings. The number of likely N-dealkylation sites (N-methyl/N-ethyl adjacent to an activating group) is 1. The van der Waals surface area contributed by atoms with Gasteiger partial charge in [0.05, 0.1) is 17.7 Å². The average molecular weight is 528 g/mol. The number of rotatable bonds is 11. The van der Waals surface area contributed by atoms with Gasteiger partial charge in [-0.05, 0) is 60.5 Å². The predicted octanol–water partition coefficient (Wildman–Crippen LogP) is 3.58. The van der Waals surface area contributed by atoms with Crippen LogP contribution >= 0.6 is 0 Å². The number of carbonyl (C=O) groups is 2. The van der Waals surface area contributed by atoms with E-state index in [0.717, 1.165) is 16.4 Å². The van der Waals surface area contributed by atoms with Gasteiger partial charge in [0.25, 0.3) is 10.0 Å². The molecule has 10 heteroatoms. The van der Waals surface area contributed by atoms with Crippen LogP contribution in [-0.4, -0.2) is 51.9 Å². The lowest BCUT2D eigenvalue weighted by Gasteiger charge is -2.33. The third-order valence-corrected chi connectivity index (χ3v) is 7.63. The number of carbonyl (C=O) groups excluding carboxylic acids is 2. The number of methoxy groups -OCH3 is 1. The Kier molecular flexibility index (Phi) is 9.24. The summed E-state index contributed by atoms with van der Waals surface area (Å²) < 4.78 is 47.1. The third kappa shape index (κ3) is 6.65. The highest BCUT2D eigenvalue weighted by molar-refractivity contribution is 7.92. The van der Waals surface area contributed by atoms with E-state index in [1.165, 1.54) is 43.3 Å². The molecule has 3 aromatic rings. The summed E-state index contributed by atoms with van der Waals surface area (Å²) in [5.41, 5.74) is 0.822. The predicted molar refractivity (Wildman–Crippen MR) is 139 cm³/mol. The summed E-state index contributed by atoms with van der Waals surface area (Å²) in [4.78, 5) is 27.8. The molecule has 196 valence electrons. The summed E-state index contributed by atoms with van der Waals surface area (Å²) in [6.45, 7) is 1.22. The summed E-state index contributed by atoms with van der Waals surface area (Å²) >= 11 is 0. The first kappa shape index (κ1) is 27.7. The largest absolute Gasteiger partial charge is 0.497 e. The third-order valence-electron chi connectivity index (χ3n) is 5.84. The van der Waals surface area contributed by atoms with Crippen LogP contribution in [0.4, 0.5) is 10.1 Å². The average Bonchev–Trinajstić information content (AvgIpc) is 2.92. The van der Waals surface area contributed by atoms with Gasteiger partial charge in [-0.15, -0.1) is 0 Å². The van der Waals surface area contributed by atoms with Gasteiger partial charge in [0, 0.05) is 13.6 Å². The Hall–Kier alpha value is -3.92. The van der Waals surface area contributed by atoms with Gasteiger partial charge in [-0.2, -0.15) is 0 Å². The molecule has 1 unspecified atom stereocenters. The summed E-state index contributed by atoms with van der Waals surface area (Å²) in [6.07, 6.45) is 0.303. The van der Waals surface area contributed by atoms with Crippen LogP contribution in [0.1, 0.15) is 18.9 Å². The van der Waals surface area contributed by atoms with Crippen LogP contribution in [0.5, 0.6) is 5.75 Å². The zero-order valence-electron chi connectivity index (χ0n) is 20.9. The molecule has 0 aliphatic heterocycles. The van der Waals surface area contributed by atoms with Crippen molar-refractivity contribution in [3.63, 3.8) is 0 Å². The quantitative estimate of drug-likeness (QED) is 0.411. The number of anilines is 1. The van der Waals surface area contributed by atoms with Gasteiger partial charge in [-0.1, -0.05) is 37.3 Å². The Balaban J connectivity index is 2.04. The lowest BCUT2D eigenvalue weighted by Crippen LogP contribution is -2.51. The van der Waals surface area contributed by atoms with Gasteiger partial charge in [0.1, 0.15) is 24.2 Å². The van der Waals surface area contributed by atoms with Gasteiger partial charge in [0.2, 0.25) is 11.8 Å². The highest BCUT2D eigenvalue weighted by atomic mass is 32.2. The van der Waals surface area contributed by atoms with Crippen molar-refractivity contribution in [1.29, 1.82) is 0 Å². The van der Waals surface area contributed by atoms with Crippen LogP contribution in [0, 0.1) is 5.82 Å². The molecule has 0 spiro atoms. The zero-order valence-corrected chi connectivity index (χ0v) is 21.7. The summed E-state index contributed by atoms with van der Waals surface area (Å²) in [6, 6.07) is 18.7. The maximum Gasteiger partial charge on any atom is 0.264 e. The minimum absolute atomic E-state index is 0.0233. The zero-order chi connectivity index (χ0) is 27.0. The molecule has 3 rings (SSSR count). The smallest absolute Gasteiger partial charge is 0.264 e. The van der Waals surface area contributed by atoms with E-state index in [-0.39, 0.29) is 23.0 Å². The van der Waals surface area contributed by atoms with Crippen molar-refractivity contribution in [2.45, 2.75) is 30.8 Å². The highest BCUT2D eigenvalue weighted by Crippen LogP contribution is 2.25. The van der Waals surface area contributed by atoms with Gasteiger partial charge in [-0.25, -0.2) is 12.8 Å². The molecule has 37 heavy (non-hydrogen) atoms. The van der Waals surface area contributed by atoms with Crippen molar-refractivity contribution in [2.75, 3.05) is 25.0 Å². The van der Waals surface area contributed by atoms with Crippen molar-refractivity contribution in [3.05, 3.63) is 90.2 Å². The SMILES string of the molecule is CCC(C(=O)NC)N(Cc1cccc(OC)c1)C(=O)CN(c1ccc(F)cc1)S(=O)(=O)c1ccccc1. The van der Waals surface area contributed by atoms with Crippen LogP contribution < -0.4 is 14.4 Å². The van der Waals surface area contributed by atoms with E-state index in [0.29, 0.717) is 17.7 Å². The molecule has 3 aromatic carbocycles. The Morgan fingerprint density at radius 2 is 1.68 bits per heavy atom. The molecule has 0 bridgehead atoms. The Labute approximate surface area is 216 Å². The molecule has 0 aliphatic carbocycles. The number of amides is 2. The normalized spacial score (nSPS) is 11.9. The van der Waals surface area contributed by atoms with E-state index >= 15 is 0 Å². The molecule has 0 saturated carbocycles. The first-order valence-electron chi connectivity index (χ1n) is 11.7. The number of halogens is 1. The van der Waals surface area contributed by atoms with Crippen LogP contribution in [0.25, 0.3) is 0 Å². The summed E-state index contributed by atoms with van der Waals surface area (Å²) in [5, 5.41) is 2.58. The van der Waals surface area contributed by atoms with Crippen LogP contribution in [0.2, 0.25) is 0 Å². The molecule has 0 aromatic heterocycles. The summed E-state index contributed by atoms with van der Waals surface area (Å²) in [5.74, 6) is -0.935. The Morgan fingerprint density at radius 1 is 1.00 bits per heavy atom. The van der Waals surface area contributed by atoms with Crippen LogP contribution in [-0.2, 0) is 26.2 Å². The molecule has 0 heterocycles. The fourth-order valence-electron chi connectivity index (χ4n) is 3.91. The molecule has 1 N–H and O–H groups in total. The fourth-order valence-corrected chi connectivity index (χ4v) is 5.34. The van der Waals surface area contributed by atoms with Gasteiger partial charge in [-0.3, -0.25) is 13.9 Å². The molecule has 8 nitrogen and oxygen atoms in total. The van der Waals surface area contributed by atoms with Crippen molar-refractivity contribution in [1.82, 2.24) is 10.2 Å². The van der Waals surface area contributed by atoms with Crippen LogP contribution in [0.3, 0.4) is 0 Å². The second-order valence-electron chi connectivity index (χ2n) is 8.21. The first-order valence-corrected chi connectivity index (χ1v) is 13.1. The van der Waals surface area contributed by atoms with Crippen LogP contribution in [0.15, 0.2) is 83.8 Å². The van der Waals surface area contributed by atoms with Gasteiger partial charge < -0.3 is 15.0 Å². The van der Waals surface area contributed by atoms with Crippen molar-refractivity contribution in [3.8, 4) is 5.75 Å². The van der Waals surface area contributed by atoms with E-state index in [1.54, 1.807) is 49.4 Å². The Bertz CT molecular complexity index is 1320. The topological polar surface area (TPSA) is 96.0 Å². The van der Waals surface area contributed by atoms with Crippen molar-refractivity contribution in [2.24, 2.45) is 0 Å². The minimum atomic E-state index is -4.19. The summed E-state index contributed by atoms with van der Waals surface area (Å²) in [7, 11) is -1.19. The maximum absolute atomic E-state index is 13.8. The number of sulfonamides is 1. The van der Waals surface area contributed by atoms with Gasteiger partial charge in [0.15, 0.2) is 0 Å². The first-order chi connectivity index (χ1) is 17.7. The molecule has 0 saturated heterocycles. The lowest BCUT2D eigenvalue weighted by molar-refractivity contribution is -0.140. The number of hydrogen-bond donors (Lipinski definition) is 1. The Morgan fingerprint density at radius 3 is 2.27 bits per heavy atom. The molecular formula is C27H30FN3O5S. The number of benzene rings is 3. The number of nitrogens with one attached hydrogen (secondary N) is 1. The van der Waals surface area contributed by atoms with E-state index in [2.05, 4.69) is 5.32 Å². The number of ether oxygens (including phenoxy) is 1. The molecular weight excluding hydrogens is 497 g/mol. The maximum atomic E-state index is 13.8. The monoisotopic (exact) mass is 527 g/mol. The minimum Gasteiger partial charge on any atom is -0.497 e. The van der Waals surface area contributed by atoms with E-state index < -0.39 is 34.3 Å². The molecule has 2 amide bonds. The van der Waals surface area contributed by atoms with Gasteiger partial charge >= 0.3 is 0 Å². The fraction of sp³-hybridized carbons (Fsp3) is 0.259. The van der Waals surface area contributed by atoms with E-state index in [4.69, 9.17) is 4.74 Å². The number of nitrogens with zero attached hydrogens (tertiary/aromatic N) is 2. The molecule has 0 radical (unpaired) electrons. The van der Waals surface area contributed by atoms with E-state index in [9.17, 15) is 22.4 Å². The molecule has 0 aliphatic rings. The lowest BCUT2D eigenvalue weighted by atomic mass is 10.1. The van der Waals surface area contributed by atoms with Crippen molar-refractivity contribution < 1.29 is 27.1 Å². The second kappa shape index (κ2) is 12.4. The van der Waals surface area contributed by atoms with E-state index in [1.807, 2.05) is 0 Å². The highest BCUT2D eigenvalue weighted by Gasteiger charge is 2.33.